The number of hydrogen-bond donors (Lipinski definition) is 1. The van der Waals surface area contributed by atoms with Crippen molar-refractivity contribution < 1.29 is 17.6 Å². The van der Waals surface area contributed by atoms with Crippen LogP contribution >= 0.6 is 0 Å². The maximum Gasteiger partial charge on any atom is 0.243 e. The van der Waals surface area contributed by atoms with Crippen molar-refractivity contribution in [2.24, 2.45) is 28.9 Å². The molecule has 180 valence electrons. The van der Waals surface area contributed by atoms with Crippen LogP contribution in [0, 0.1) is 29.0 Å². The average Bonchev–Trinajstić information content (AvgIpc) is 3.25. The minimum Gasteiger partial charge on any atom is -0.368 e. The van der Waals surface area contributed by atoms with Gasteiger partial charge in [-0.15, -0.1) is 0 Å². The lowest BCUT2D eigenvalue weighted by Gasteiger charge is -2.42. The molecule has 1 aliphatic heterocycles. The summed E-state index contributed by atoms with van der Waals surface area (Å²) in [7, 11) is -3.68. The Labute approximate surface area is 192 Å². The van der Waals surface area contributed by atoms with Crippen LogP contribution in [0.4, 0.5) is 4.39 Å². The lowest BCUT2D eigenvalue weighted by molar-refractivity contribution is -0.126. The van der Waals surface area contributed by atoms with Gasteiger partial charge >= 0.3 is 0 Å². The zero-order chi connectivity index (χ0) is 23.8. The maximum absolute atomic E-state index is 13.3. The lowest BCUT2D eigenvalue weighted by atomic mass is 9.89. The summed E-state index contributed by atoms with van der Waals surface area (Å²) in [4.78, 5) is 14.9. The van der Waals surface area contributed by atoms with E-state index in [2.05, 4.69) is 39.5 Å². The Hall–Kier alpha value is -1.51. The number of nitrogens with zero attached hydrogens (tertiary/aromatic N) is 2. The number of nitrogens with two attached hydrogens (primary N) is 1. The summed E-state index contributed by atoms with van der Waals surface area (Å²) in [5, 5.41) is 0. The van der Waals surface area contributed by atoms with Gasteiger partial charge in [0.25, 0.3) is 0 Å². The van der Waals surface area contributed by atoms with Crippen molar-refractivity contribution in [3.8, 4) is 0 Å². The van der Waals surface area contributed by atoms with Crippen LogP contribution in [0.5, 0.6) is 0 Å². The van der Waals surface area contributed by atoms with Crippen molar-refractivity contribution in [3.05, 3.63) is 30.1 Å². The molecule has 0 spiro atoms. The average molecular weight is 468 g/mol. The van der Waals surface area contributed by atoms with E-state index in [-0.39, 0.29) is 40.1 Å². The van der Waals surface area contributed by atoms with Crippen molar-refractivity contribution >= 4 is 15.9 Å². The highest BCUT2D eigenvalue weighted by molar-refractivity contribution is 7.89. The lowest BCUT2D eigenvalue weighted by Crippen LogP contribution is -2.54. The molecular formula is C24H38FN3O3S. The van der Waals surface area contributed by atoms with Crippen LogP contribution in [-0.4, -0.2) is 55.2 Å². The first-order valence-corrected chi connectivity index (χ1v) is 13.0. The maximum atomic E-state index is 13.3. The van der Waals surface area contributed by atoms with E-state index in [4.69, 9.17) is 5.73 Å². The van der Waals surface area contributed by atoms with Crippen molar-refractivity contribution in [2.45, 2.75) is 70.9 Å². The summed E-state index contributed by atoms with van der Waals surface area (Å²) in [6.45, 7) is 12.3. The van der Waals surface area contributed by atoms with Crippen LogP contribution in [0.15, 0.2) is 29.2 Å². The van der Waals surface area contributed by atoms with Gasteiger partial charge in [-0.3, -0.25) is 9.69 Å². The Balaban J connectivity index is 1.86. The van der Waals surface area contributed by atoms with Crippen LogP contribution in [-0.2, 0) is 14.8 Å². The first-order chi connectivity index (χ1) is 14.8. The van der Waals surface area contributed by atoms with E-state index in [9.17, 15) is 17.6 Å². The number of amides is 1. The van der Waals surface area contributed by atoms with Gasteiger partial charge in [-0.25, -0.2) is 12.8 Å². The van der Waals surface area contributed by atoms with Gasteiger partial charge < -0.3 is 5.73 Å². The molecule has 2 N–H and O–H groups in total. The third kappa shape index (κ3) is 5.51. The van der Waals surface area contributed by atoms with Gasteiger partial charge in [0.1, 0.15) is 5.82 Å². The molecule has 1 saturated carbocycles. The van der Waals surface area contributed by atoms with E-state index in [0.29, 0.717) is 25.4 Å². The Morgan fingerprint density at radius 3 is 2.34 bits per heavy atom. The zero-order valence-electron chi connectivity index (χ0n) is 19.9. The molecule has 8 heteroatoms. The highest BCUT2D eigenvalue weighted by Crippen LogP contribution is 2.44. The van der Waals surface area contributed by atoms with Gasteiger partial charge in [-0.2, -0.15) is 4.31 Å². The second kappa shape index (κ2) is 9.39. The highest BCUT2D eigenvalue weighted by atomic mass is 32.2. The Morgan fingerprint density at radius 1 is 1.19 bits per heavy atom. The molecule has 2 aliphatic rings. The van der Waals surface area contributed by atoms with Crippen LogP contribution in [0.2, 0.25) is 0 Å². The van der Waals surface area contributed by atoms with Crippen LogP contribution in [0.1, 0.15) is 53.9 Å². The van der Waals surface area contributed by atoms with E-state index in [1.165, 1.54) is 24.3 Å². The van der Waals surface area contributed by atoms with Crippen molar-refractivity contribution in [3.63, 3.8) is 0 Å². The molecule has 2 fully saturated rings. The first-order valence-electron chi connectivity index (χ1n) is 11.6. The fourth-order valence-corrected chi connectivity index (χ4v) is 6.96. The summed E-state index contributed by atoms with van der Waals surface area (Å²) in [6, 6.07) is 4.77. The molecule has 0 unspecified atom stereocenters. The number of carbonyl (C=O) groups excluding carboxylic acids is 1. The summed E-state index contributed by atoms with van der Waals surface area (Å²) in [6.07, 6.45) is 2.56. The summed E-state index contributed by atoms with van der Waals surface area (Å²) in [5.74, 6) is -0.0269. The van der Waals surface area contributed by atoms with E-state index < -0.39 is 15.8 Å². The standard InChI is InChI=1S/C24H38FN3O3S/c1-16(2)12-22(23(26)29)28(15-24(3,4)5)21-11-6-17-13-27(14-20(17)21)32(30,31)19-9-7-18(25)8-10-19/h7-10,16-17,20-22H,6,11-15H2,1-5H3,(H2,26,29)/t17-,20+,21+,22+/m1/s1. The molecule has 1 amide bonds. The van der Waals surface area contributed by atoms with E-state index >= 15 is 0 Å². The molecule has 3 rings (SSSR count). The van der Waals surface area contributed by atoms with Gasteiger partial charge in [-0.1, -0.05) is 34.6 Å². The minimum atomic E-state index is -3.68. The van der Waals surface area contributed by atoms with E-state index in [1.54, 1.807) is 4.31 Å². The zero-order valence-corrected chi connectivity index (χ0v) is 20.7. The number of hydrogen-bond acceptors (Lipinski definition) is 4. The third-order valence-corrected chi connectivity index (χ3v) is 8.59. The Bertz CT molecular complexity index is 911. The molecule has 6 nitrogen and oxygen atoms in total. The quantitative estimate of drug-likeness (QED) is 0.635. The predicted molar refractivity (Wildman–Crippen MR) is 124 cm³/mol. The summed E-state index contributed by atoms with van der Waals surface area (Å²) in [5.41, 5.74) is 5.85. The van der Waals surface area contributed by atoms with Crippen LogP contribution in [0.25, 0.3) is 0 Å². The predicted octanol–water partition coefficient (Wildman–Crippen LogP) is 3.47. The van der Waals surface area contributed by atoms with Crippen LogP contribution in [0.3, 0.4) is 0 Å². The van der Waals surface area contributed by atoms with Gasteiger partial charge in [0.05, 0.1) is 10.9 Å². The fraction of sp³-hybridized carbons (Fsp3) is 0.708. The second-order valence-corrected chi connectivity index (χ2v) is 13.1. The molecular weight excluding hydrogens is 429 g/mol. The second-order valence-electron chi connectivity index (χ2n) is 11.1. The molecule has 0 radical (unpaired) electrons. The number of fused-ring (bicyclic) bond motifs is 1. The monoisotopic (exact) mass is 467 g/mol. The Kier molecular flexibility index (Phi) is 7.37. The van der Waals surface area contributed by atoms with Crippen molar-refractivity contribution in [1.82, 2.24) is 9.21 Å². The number of halogens is 1. The van der Waals surface area contributed by atoms with Gasteiger partial charge in [-0.05, 0) is 66.7 Å². The van der Waals surface area contributed by atoms with Gasteiger partial charge in [0.2, 0.25) is 15.9 Å². The third-order valence-electron chi connectivity index (χ3n) is 6.74. The minimum absolute atomic E-state index is 0.0265. The van der Waals surface area contributed by atoms with Crippen LogP contribution < -0.4 is 5.73 Å². The Morgan fingerprint density at radius 2 is 1.81 bits per heavy atom. The first kappa shape index (κ1) is 25.1. The summed E-state index contributed by atoms with van der Waals surface area (Å²) >= 11 is 0. The van der Waals surface area contributed by atoms with E-state index in [1.807, 2.05) is 0 Å². The number of primary amides is 1. The molecule has 0 bridgehead atoms. The molecule has 32 heavy (non-hydrogen) atoms. The smallest absolute Gasteiger partial charge is 0.243 e. The molecule has 1 aromatic rings. The number of sulfonamides is 1. The normalized spacial score (nSPS) is 25.4. The number of benzene rings is 1. The fourth-order valence-electron chi connectivity index (χ4n) is 5.43. The number of carbonyl (C=O) groups is 1. The largest absolute Gasteiger partial charge is 0.368 e. The van der Waals surface area contributed by atoms with E-state index in [0.717, 1.165) is 19.4 Å². The van der Waals surface area contributed by atoms with Gasteiger partial charge in [0, 0.05) is 25.7 Å². The molecule has 1 saturated heterocycles. The molecule has 0 aromatic heterocycles. The highest BCUT2D eigenvalue weighted by Gasteiger charge is 2.50. The van der Waals surface area contributed by atoms with Crippen molar-refractivity contribution in [1.29, 1.82) is 0 Å². The molecule has 1 aliphatic carbocycles. The molecule has 1 aromatic carbocycles. The molecule has 1 heterocycles. The SMILES string of the molecule is CC(C)C[C@@H](C(N)=O)N(CC(C)(C)C)[C@H]1CC[C@@H]2CN(S(=O)(=O)c3ccc(F)cc3)C[C@@H]21. The number of rotatable bonds is 8. The van der Waals surface area contributed by atoms with Crippen molar-refractivity contribution in [2.75, 3.05) is 19.6 Å². The topological polar surface area (TPSA) is 83.7 Å². The molecule has 4 atom stereocenters. The summed E-state index contributed by atoms with van der Waals surface area (Å²) < 4.78 is 41.2. The van der Waals surface area contributed by atoms with Gasteiger partial charge in [0.15, 0.2) is 0 Å².